The van der Waals surface area contributed by atoms with E-state index in [1.807, 2.05) is 23.1 Å². The Morgan fingerprint density at radius 2 is 2.33 bits per heavy atom. The second-order valence-corrected chi connectivity index (χ2v) is 6.13. The molecule has 110 valence electrons. The Balaban J connectivity index is 1.64. The maximum absolute atomic E-state index is 12.3. The third-order valence-electron chi connectivity index (χ3n) is 3.64. The van der Waals surface area contributed by atoms with Gasteiger partial charge in [-0.15, -0.1) is 0 Å². The van der Waals surface area contributed by atoms with Gasteiger partial charge < -0.3 is 10.2 Å². The standard InChI is InChI=1S/C15H17BrN4O/c16-11-3-1-4-12(9-11)18-13-5-2-8-20(10-13)15(21)14-6-7-17-19-14/h1,3-4,6-7,9,13,18H,2,5,8,10H2,(H,17,19)/t13-/m0/s1. The predicted molar refractivity (Wildman–Crippen MR) is 85.3 cm³/mol. The van der Waals surface area contributed by atoms with Crippen molar-refractivity contribution in [2.45, 2.75) is 18.9 Å². The van der Waals surface area contributed by atoms with E-state index >= 15 is 0 Å². The Hall–Kier alpha value is -1.82. The SMILES string of the molecule is O=C(c1ccn[nH]1)N1CCC[C@H](Nc2cccc(Br)c2)C1. The zero-order chi connectivity index (χ0) is 14.7. The van der Waals surface area contributed by atoms with Gasteiger partial charge in [-0.25, -0.2) is 0 Å². The molecule has 0 unspecified atom stereocenters. The van der Waals surface area contributed by atoms with Gasteiger partial charge >= 0.3 is 0 Å². The molecule has 2 aromatic rings. The van der Waals surface area contributed by atoms with Gasteiger partial charge in [0.25, 0.3) is 5.91 Å². The molecule has 1 aromatic carbocycles. The normalized spacial score (nSPS) is 18.5. The highest BCUT2D eigenvalue weighted by atomic mass is 79.9. The van der Waals surface area contributed by atoms with Crippen LogP contribution in [0.15, 0.2) is 41.0 Å². The minimum absolute atomic E-state index is 0.0215. The number of halogens is 1. The Morgan fingerprint density at radius 1 is 1.43 bits per heavy atom. The molecule has 1 aliphatic rings. The highest BCUT2D eigenvalue weighted by Crippen LogP contribution is 2.20. The smallest absolute Gasteiger partial charge is 0.271 e. The second kappa shape index (κ2) is 6.30. The van der Waals surface area contributed by atoms with Crippen molar-refractivity contribution in [1.29, 1.82) is 0 Å². The van der Waals surface area contributed by atoms with Crippen LogP contribution in [-0.4, -0.2) is 40.1 Å². The van der Waals surface area contributed by atoms with Crippen LogP contribution in [0.2, 0.25) is 0 Å². The van der Waals surface area contributed by atoms with Crippen LogP contribution in [0.4, 0.5) is 5.69 Å². The lowest BCUT2D eigenvalue weighted by Crippen LogP contribution is -2.45. The lowest BCUT2D eigenvalue weighted by molar-refractivity contribution is 0.0709. The number of carbonyl (C=O) groups excluding carboxylic acids is 1. The van der Waals surface area contributed by atoms with E-state index in [0.29, 0.717) is 12.2 Å². The summed E-state index contributed by atoms with van der Waals surface area (Å²) in [4.78, 5) is 14.2. The molecule has 2 heterocycles. The third-order valence-corrected chi connectivity index (χ3v) is 4.13. The zero-order valence-electron chi connectivity index (χ0n) is 11.6. The summed E-state index contributed by atoms with van der Waals surface area (Å²) >= 11 is 3.47. The van der Waals surface area contributed by atoms with E-state index in [0.717, 1.165) is 29.5 Å². The van der Waals surface area contributed by atoms with E-state index in [1.54, 1.807) is 12.3 Å². The first-order valence-electron chi connectivity index (χ1n) is 7.03. The lowest BCUT2D eigenvalue weighted by Gasteiger charge is -2.33. The number of H-pyrrole nitrogens is 1. The molecule has 0 aliphatic carbocycles. The van der Waals surface area contributed by atoms with Gasteiger partial charge in [0.05, 0.1) is 0 Å². The van der Waals surface area contributed by atoms with Crippen molar-refractivity contribution < 1.29 is 4.79 Å². The molecule has 2 N–H and O–H groups in total. The summed E-state index contributed by atoms with van der Waals surface area (Å²) in [5, 5.41) is 10.1. The van der Waals surface area contributed by atoms with Crippen molar-refractivity contribution in [3.05, 3.63) is 46.7 Å². The molecule has 0 radical (unpaired) electrons. The van der Waals surface area contributed by atoms with Crippen LogP contribution in [0, 0.1) is 0 Å². The number of amides is 1. The van der Waals surface area contributed by atoms with Gasteiger partial charge in [0.1, 0.15) is 5.69 Å². The van der Waals surface area contributed by atoms with Crippen molar-refractivity contribution in [2.75, 3.05) is 18.4 Å². The molecular weight excluding hydrogens is 332 g/mol. The fourth-order valence-corrected chi connectivity index (χ4v) is 3.04. The first-order valence-corrected chi connectivity index (χ1v) is 7.82. The second-order valence-electron chi connectivity index (χ2n) is 5.22. The van der Waals surface area contributed by atoms with Gasteiger partial charge in [-0.05, 0) is 37.1 Å². The maximum Gasteiger partial charge on any atom is 0.271 e. The van der Waals surface area contributed by atoms with Crippen LogP contribution in [0.5, 0.6) is 0 Å². The number of anilines is 1. The topological polar surface area (TPSA) is 61.0 Å². The van der Waals surface area contributed by atoms with E-state index < -0.39 is 0 Å². The number of nitrogens with one attached hydrogen (secondary N) is 2. The molecule has 1 aliphatic heterocycles. The Bertz CT molecular complexity index is 614. The van der Waals surface area contributed by atoms with Crippen molar-refractivity contribution in [3.8, 4) is 0 Å². The number of rotatable bonds is 3. The molecular formula is C15H17BrN4O. The van der Waals surface area contributed by atoms with E-state index in [2.05, 4.69) is 37.5 Å². The molecule has 0 saturated carbocycles. The molecule has 1 aromatic heterocycles. The highest BCUT2D eigenvalue weighted by molar-refractivity contribution is 9.10. The van der Waals surface area contributed by atoms with Gasteiger partial charge in [0, 0.05) is 35.5 Å². The van der Waals surface area contributed by atoms with Crippen molar-refractivity contribution in [3.63, 3.8) is 0 Å². The summed E-state index contributed by atoms with van der Waals surface area (Å²) in [5.74, 6) is 0.0215. The monoisotopic (exact) mass is 348 g/mol. The molecule has 1 atom stereocenters. The average molecular weight is 349 g/mol. The molecule has 5 nitrogen and oxygen atoms in total. The third kappa shape index (κ3) is 3.44. The van der Waals surface area contributed by atoms with Crippen LogP contribution in [0.25, 0.3) is 0 Å². The number of aromatic amines is 1. The van der Waals surface area contributed by atoms with Crippen LogP contribution in [0.3, 0.4) is 0 Å². The lowest BCUT2D eigenvalue weighted by atomic mass is 10.0. The number of benzene rings is 1. The Kier molecular flexibility index (Phi) is 4.24. The maximum atomic E-state index is 12.3. The average Bonchev–Trinajstić information content (AvgIpc) is 3.01. The molecule has 1 saturated heterocycles. The largest absolute Gasteiger partial charge is 0.380 e. The molecule has 3 rings (SSSR count). The van der Waals surface area contributed by atoms with Crippen LogP contribution < -0.4 is 5.32 Å². The minimum atomic E-state index is 0.0215. The Labute approximate surface area is 131 Å². The molecule has 1 amide bonds. The van der Waals surface area contributed by atoms with E-state index in [1.165, 1.54) is 0 Å². The number of nitrogens with zero attached hydrogens (tertiary/aromatic N) is 2. The van der Waals surface area contributed by atoms with Gasteiger partial charge in [0.15, 0.2) is 0 Å². The Morgan fingerprint density at radius 3 is 3.10 bits per heavy atom. The summed E-state index contributed by atoms with van der Waals surface area (Å²) in [6.45, 7) is 1.51. The van der Waals surface area contributed by atoms with Crippen LogP contribution in [0.1, 0.15) is 23.3 Å². The minimum Gasteiger partial charge on any atom is -0.380 e. The number of hydrogen-bond donors (Lipinski definition) is 2. The fourth-order valence-electron chi connectivity index (χ4n) is 2.64. The van der Waals surface area contributed by atoms with Gasteiger partial charge in [-0.3, -0.25) is 9.89 Å². The number of likely N-dealkylation sites (tertiary alicyclic amines) is 1. The molecule has 6 heteroatoms. The quantitative estimate of drug-likeness (QED) is 0.896. The molecule has 21 heavy (non-hydrogen) atoms. The van der Waals surface area contributed by atoms with Gasteiger partial charge in [0.2, 0.25) is 0 Å². The van der Waals surface area contributed by atoms with E-state index in [4.69, 9.17) is 0 Å². The van der Waals surface area contributed by atoms with Gasteiger partial charge in [-0.2, -0.15) is 5.10 Å². The number of carbonyl (C=O) groups is 1. The summed E-state index contributed by atoms with van der Waals surface area (Å²) in [7, 11) is 0. The fraction of sp³-hybridized carbons (Fsp3) is 0.333. The van der Waals surface area contributed by atoms with Crippen LogP contribution in [-0.2, 0) is 0 Å². The predicted octanol–water partition coefficient (Wildman–Crippen LogP) is 2.89. The summed E-state index contributed by atoms with van der Waals surface area (Å²) in [6.07, 6.45) is 3.68. The van der Waals surface area contributed by atoms with Crippen molar-refractivity contribution in [2.24, 2.45) is 0 Å². The molecule has 0 bridgehead atoms. The number of aromatic nitrogens is 2. The van der Waals surface area contributed by atoms with Crippen molar-refractivity contribution >= 4 is 27.5 Å². The summed E-state index contributed by atoms with van der Waals surface area (Å²) in [5.41, 5.74) is 1.63. The van der Waals surface area contributed by atoms with E-state index in [-0.39, 0.29) is 11.9 Å². The zero-order valence-corrected chi connectivity index (χ0v) is 13.1. The highest BCUT2D eigenvalue weighted by Gasteiger charge is 2.25. The number of hydrogen-bond acceptors (Lipinski definition) is 3. The van der Waals surface area contributed by atoms with Crippen LogP contribution >= 0.6 is 15.9 Å². The first kappa shape index (κ1) is 14.1. The summed E-state index contributed by atoms with van der Waals surface area (Å²) < 4.78 is 1.05. The number of piperidine rings is 1. The molecule has 0 spiro atoms. The summed E-state index contributed by atoms with van der Waals surface area (Å²) in [6, 6.07) is 10.1. The van der Waals surface area contributed by atoms with Gasteiger partial charge in [-0.1, -0.05) is 22.0 Å². The van der Waals surface area contributed by atoms with E-state index in [9.17, 15) is 4.79 Å². The first-order chi connectivity index (χ1) is 10.2. The van der Waals surface area contributed by atoms with Crippen molar-refractivity contribution in [1.82, 2.24) is 15.1 Å². The molecule has 1 fully saturated rings.